The highest BCUT2D eigenvalue weighted by atomic mass is 16.7. The van der Waals surface area contributed by atoms with Crippen LogP contribution in [0, 0.1) is 0 Å². The Morgan fingerprint density at radius 2 is 1.15 bits per heavy atom. The second kappa shape index (κ2) is 34.4. The van der Waals surface area contributed by atoms with E-state index < -0.39 is 61.5 Å². The summed E-state index contributed by atoms with van der Waals surface area (Å²) in [5.41, 5.74) is 0. The predicted octanol–water partition coefficient (Wildman–Crippen LogP) is 8.44. The lowest BCUT2D eigenvalue weighted by molar-refractivity contribution is -0.317. The Hall–Kier alpha value is -2.86. The van der Waals surface area contributed by atoms with Crippen LogP contribution in [0.4, 0.5) is 0 Å². The quantitative estimate of drug-likeness (QED) is 0.0298. The average Bonchev–Trinajstić information content (AvgIpc) is 3.18. The van der Waals surface area contributed by atoms with E-state index >= 15 is 0 Å². The summed E-state index contributed by atoms with van der Waals surface area (Å²) in [7, 11) is 0. The van der Waals surface area contributed by atoms with Crippen molar-refractivity contribution in [1.82, 2.24) is 0 Å². The van der Waals surface area contributed by atoms with Crippen LogP contribution in [0.25, 0.3) is 0 Å². The molecule has 55 heavy (non-hydrogen) atoms. The maximum absolute atomic E-state index is 13.3. The van der Waals surface area contributed by atoms with Crippen molar-refractivity contribution in [2.24, 2.45) is 0 Å². The second-order valence-electron chi connectivity index (χ2n) is 14.0. The van der Waals surface area contributed by atoms with Crippen molar-refractivity contribution < 1.29 is 49.0 Å². The highest BCUT2D eigenvalue weighted by Gasteiger charge is 2.46. The monoisotopic (exact) mass is 775 g/mol. The second-order valence-corrected chi connectivity index (χ2v) is 14.0. The van der Waals surface area contributed by atoms with E-state index in [1.54, 1.807) is 0 Å². The molecule has 0 amide bonds. The highest BCUT2D eigenvalue weighted by molar-refractivity contribution is 5.80. The molecule has 1 saturated heterocycles. The Morgan fingerprint density at radius 1 is 0.636 bits per heavy atom. The first-order chi connectivity index (χ1) is 26.8. The summed E-state index contributed by atoms with van der Waals surface area (Å²) in [6.45, 7) is 5.60. The molecule has 0 aromatic heterocycles. The SMILES string of the molecule is CC/C=C\C/C=C\C/C=C\CCCCCC(O[C@@H]1O[C@H](CO)[C@@H](O)[C@H](O)[C@H]1O)C(OC(=O)CCCCCCC/C=C/C/C=C/C/C=C/CC)C(=O)OCCC. The number of ether oxygens (including phenoxy) is 4. The fourth-order valence-corrected chi connectivity index (χ4v) is 5.90. The molecule has 4 N–H and O–H groups in total. The fourth-order valence-electron chi connectivity index (χ4n) is 5.90. The predicted molar refractivity (Wildman–Crippen MR) is 219 cm³/mol. The van der Waals surface area contributed by atoms with Gasteiger partial charge in [-0.15, -0.1) is 0 Å². The molecule has 2 unspecified atom stereocenters. The average molecular weight is 775 g/mol. The smallest absolute Gasteiger partial charge is 0.350 e. The number of hydrogen-bond acceptors (Lipinski definition) is 10. The van der Waals surface area contributed by atoms with E-state index in [0.29, 0.717) is 19.3 Å². The van der Waals surface area contributed by atoms with E-state index in [0.717, 1.165) is 89.9 Å². The minimum absolute atomic E-state index is 0.124. The highest BCUT2D eigenvalue weighted by Crippen LogP contribution is 2.27. The molecule has 0 saturated carbocycles. The molecular weight excluding hydrogens is 700 g/mol. The van der Waals surface area contributed by atoms with Gasteiger partial charge in [-0.25, -0.2) is 4.79 Å². The van der Waals surface area contributed by atoms with E-state index in [1.807, 2.05) is 6.92 Å². The van der Waals surface area contributed by atoms with Gasteiger partial charge in [0.05, 0.1) is 13.2 Å². The number of allylic oxidation sites excluding steroid dienone is 12. The standard InChI is InChI=1S/C45H74O10/c1-4-7-9-11-13-15-17-19-20-22-24-26-28-30-32-34-39(47)55-43(44(51)52-35-6-3)37(53-45-42(50)41(49)40(48)38(36-46)54-45)33-31-29-27-25-23-21-18-16-14-12-10-8-5-2/h7-10,13-16,19-21,23,37-38,40-43,45-46,48-50H,4-6,11-12,17-18,22,24-36H2,1-3H3/b9-7+,10-8-,15-13+,16-14-,20-19+,23-21-/t37?,38-,40-,41+,42-,43?,45-/m1/s1. The third kappa shape index (κ3) is 24.4. The van der Waals surface area contributed by atoms with Crippen molar-refractivity contribution in [3.8, 4) is 0 Å². The van der Waals surface area contributed by atoms with Crippen LogP contribution in [-0.2, 0) is 28.5 Å². The molecule has 0 aliphatic carbocycles. The number of aliphatic hydroxyl groups excluding tert-OH is 4. The first kappa shape index (κ1) is 50.2. The molecule has 1 aliphatic rings. The molecule has 0 aromatic rings. The number of carbonyl (C=O) groups is 2. The van der Waals surface area contributed by atoms with Crippen molar-refractivity contribution in [3.63, 3.8) is 0 Å². The summed E-state index contributed by atoms with van der Waals surface area (Å²) in [5, 5.41) is 41.1. The first-order valence-electron chi connectivity index (χ1n) is 21.0. The lowest BCUT2D eigenvalue weighted by atomic mass is 9.98. The van der Waals surface area contributed by atoms with Crippen molar-refractivity contribution in [2.45, 2.75) is 186 Å². The van der Waals surface area contributed by atoms with E-state index in [1.165, 1.54) is 0 Å². The number of hydrogen-bond donors (Lipinski definition) is 4. The van der Waals surface area contributed by atoms with Crippen LogP contribution < -0.4 is 0 Å². The molecule has 1 aliphatic heterocycles. The van der Waals surface area contributed by atoms with Crippen molar-refractivity contribution in [1.29, 1.82) is 0 Å². The molecule has 1 heterocycles. The number of esters is 2. The van der Waals surface area contributed by atoms with Gasteiger partial charge in [-0.3, -0.25) is 4.79 Å². The lowest BCUT2D eigenvalue weighted by Crippen LogP contribution is -2.60. The zero-order valence-corrected chi connectivity index (χ0v) is 34.1. The van der Waals surface area contributed by atoms with Gasteiger partial charge in [-0.2, -0.15) is 0 Å². The van der Waals surface area contributed by atoms with Crippen LogP contribution in [0.1, 0.15) is 143 Å². The molecule has 10 heteroatoms. The summed E-state index contributed by atoms with van der Waals surface area (Å²) < 4.78 is 22.9. The molecule has 10 nitrogen and oxygen atoms in total. The molecule has 0 spiro atoms. The van der Waals surface area contributed by atoms with Gasteiger partial charge in [-0.1, -0.05) is 126 Å². The topological polar surface area (TPSA) is 152 Å². The largest absolute Gasteiger partial charge is 0.463 e. The summed E-state index contributed by atoms with van der Waals surface area (Å²) in [5.74, 6) is -1.31. The first-order valence-corrected chi connectivity index (χ1v) is 21.0. The molecule has 314 valence electrons. The third-order valence-corrected chi connectivity index (χ3v) is 9.11. The van der Waals surface area contributed by atoms with Gasteiger partial charge in [0, 0.05) is 6.42 Å². The Labute approximate surface area is 332 Å². The van der Waals surface area contributed by atoms with E-state index in [2.05, 4.69) is 86.8 Å². The van der Waals surface area contributed by atoms with Crippen LogP contribution in [0.15, 0.2) is 72.9 Å². The van der Waals surface area contributed by atoms with Crippen LogP contribution in [0.3, 0.4) is 0 Å². The van der Waals surface area contributed by atoms with Crippen LogP contribution in [-0.4, -0.2) is 88.5 Å². The zero-order chi connectivity index (χ0) is 40.4. The summed E-state index contributed by atoms with van der Waals surface area (Å²) >= 11 is 0. The third-order valence-electron chi connectivity index (χ3n) is 9.11. The minimum atomic E-state index is -1.67. The van der Waals surface area contributed by atoms with Crippen molar-refractivity contribution in [2.75, 3.05) is 13.2 Å². The van der Waals surface area contributed by atoms with Crippen LogP contribution in [0.5, 0.6) is 0 Å². The molecule has 7 atom stereocenters. The molecule has 0 radical (unpaired) electrons. The van der Waals surface area contributed by atoms with E-state index in [9.17, 15) is 30.0 Å². The van der Waals surface area contributed by atoms with Crippen LogP contribution in [0.2, 0.25) is 0 Å². The number of unbranched alkanes of at least 4 members (excludes halogenated alkanes) is 8. The molecule has 0 bridgehead atoms. The van der Waals surface area contributed by atoms with E-state index in [4.69, 9.17) is 18.9 Å². The van der Waals surface area contributed by atoms with E-state index in [-0.39, 0.29) is 19.4 Å². The van der Waals surface area contributed by atoms with Crippen molar-refractivity contribution in [3.05, 3.63) is 72.9 Å². The zero-order valence-electron chi connectivity index (χ0n) is 34.1. The van der Waals surface area contributed by atoms with Crippen molar-refractivity contribution >= 4 is 11.9 Å². The van der Waals surface area contributed by atoms with Gasteiger partial charge in [0.2, 0.25) is 6.10 Å². The maximum atomic E-state index is 13.3. The molecule has 1 fully saturated rings. The molecular formula is C45H74O10. The Bertz CT molecular complexity index is 1140. The van der Waals surface area contributed by atoms with Gasteiger partial charge >= 0.3 is 11.9 Å². The number of aliphatic hydroxyl groups is 4. The minimum Gasteiger partial charge on any atom is -0.463 e. The lowest BCUT2D eigenvalue weighted by Gasteiger charge is -2.41. The Kier molecular flexibility index (Phi) is 31.4. The van der Waals surface area contributed by atoms with Gasteiger partial charge in [0.25, 0.3) is 0 Å². The summed E-state index contributed by atoms with van der Waals surface area (Å²) in [4.78, 5) is 26.4. The maximum Gasteiger partial charge on any atom is 0.350 e. The fraction of sp³-hybridized carbons (Fsp3) is 0.689. The number of rotatable bonds is 32. The molecule has 0 aromatic carbocycles. The van der Waals surface area contributed by atoms with Gasteiger partial charge < -0.3 is 39.4 Å². The van der Waals surface area contributed by atoms with Crippen LogP contribution >= 0.6 is 0 Å². The summed E-state index contributed by atoms with van der Waals surface area (Å²) in [6.07, 6.45) is 31.5. The Morgan fingerprint density at radius 3 is 1.69 bits per heavy atom. The normalized spacial score (nSPS) is 21.9. The van der Waals surface area contributed by atoms with Gasteiger partial charge in [-0.05, 0) is 83.5 Å². The van der Waals surface area contributed by atoms with Gasteiger partial charge in [0.1, 0.15) is 30.5 Å². The molecule has 1 rings (SSSR count). The Balaban J connectivity index is 2.76. The van der Waals surface area contributed by atoms with Gasteiger partial charge in [0.15, 0.2) is 6.29 Å². The summed E-state index contributed by atoms with van der Waals surface area (Å²) in [6, 6.07) is 0. The number of carbonyl (C=O) groups excluding carboxylic acids is 2.